The molecule has 4 atom stereocenters. The first-order valence-electron chi connectivity index (χ1n) is 9.25. The zero-order valence-electron chi connectivity index (χ0n) is 16.3. The highest BCUT2D eigenvalue weighted by molar-refractivity contribution is 5.98. The Morgan fingerprint density at radius 3 is 1.93 bits per heavy atom. The first kappa shape index (κ1) is 19.0. The third-order valence-electron chi connectivity index (χ3n) is 5.81. The SMILES string of the molecule is COC(=O)[C@@H]1[C@@H](C(=O)OC)N2c3ccccc3-c3ccccc3C2[C@@H]1C(=O)OC. The summed E-state index contributed by atoms with van der Waals surface area (Å²) in [6, 6.07) is 13.7. The molecule has 0 saturated carbocycles. The molecular formula is C22H21NO6. The minimum atomic E-state index is -1.07. The third-order valence-corrected chi connectivity index (χ3v) is 5.81. The van der Waals surface area contributed by atoms with Crippen molar-refractivity contribution < 1.29 is 28.6 Å². The zero-order valence-corrected chi connectivity index (χ0v) is 16.3. The minimum absolute atomic E-state index is 0.568. The number of hydrogen-bond donors (Lipinski definition) is 0. The summed E-state index contributed by atoms with van der Waals surface area (Å²) < 4.78 is 15.1. The summed E-state index contributed by atoms with van der Waals surface area (Å²) in [6.45, 7) is 0. The van der Waals surface area contributed by atoms with Gasteiger partial charge in [0.05, 0.1) is 33.3 Å². The van der Waals surface area contributed by atoms with Crippen molar-refractivity contribution in [1.29, 1.82) is 0 Å². The van der Waals surface area contributed by atoms with Gasteiger partial charge in [-0.15, -0.1) is 0 Å². The summed E-state index contributed by atoms with van der Waals surface area (Å²) in [5.41, 5.74) is 3.48. The van der Waals surface area contributed by atoms with E-state index in [1.165, 1.54) is 21.3 Å². The Hall–Kier alpha value is -3.35. The molecule has 2 aliphatic rings. The first-order chi connectivity index (χ1) is 14.0. The molecule has 1 unspecified atom stereocenters. The highest BCUT2D eigenvalue weighted by Crippen LogP contribution is 2.55. The van der Waals surface area contributed by atoms with Crippen LogP contribution in [0.3, 0.4) is 0 Å². The maximum absolute atomic E-state index is 12.9. The lowest BCUT2D eigenvalue weighted by Gasteiger charge is -2.38. The fourth-order valence-electron chi connectivity index (χ4n) is 4.69. The molecule has 0 aliphatic carbocycles. The molecule has 2 aromatic carbocycles. The number of nitrogens with zero attached hydrogens (tertiary/aromatic N) is 1. The van der Waals surface area contributed by atoms with E-state index in [2.05, 4.69) is 0 Å². The normalized spacial score (nSPS) is 24.0. The lowest BCUT2D eigenvalue weighted by Crippen LogP contribution is -2.45. The Labute approximate surface area is 168 Å². The van der Waals surface area contributed by atoms with Crippen molar-refractivity contribution in [3.63, 3.8) is 0 Å². The van der Waals surface area contributed by atoms with Crippen LogP contribution in [0, 0.1) is 11.8 Å². The summed E-state index contributed by atoms with van der Waals surface area (Å²) in [5, 5.41) is 0. The second kappa shape index (κ2) is 7.24. The van der Waals surface area contributed by atoms with Gasteiger partial charge in [0.15, 0.2) is 0 Å². The Kier molecular flexibility index (Phi) is 4.74. The van der Waals surface area contributed by atoms with Crippen LogP contribution in [0.1, 0.15) is 11.6 Å². The van der Waals surface area contributed by atoms with Gasteiger partial charge in [0, 0.05) is 11.3 Å². The van der Waals surface area contributed by atoms with Crippen LogP contribution in [-0.4, -0.2) is 45.3 Å². The topological polar surface area (TPSA) is 82.1 Å². The molecule has 0 radical (unpaired) electrons. The number of para-hydroxylation sites is 1. The molecule has 2 aromatic rings. The lowest BCUT2D eigenvalue weighted by atomic mass is 9.81. The molecule has 0 N–H and O–H groups in total. The average Bonchev–Trinajstić information content (AvgIpc) is 3.14. The fourth-order valence-corrected chi connectivity index (χ4v) is 4.69. The van der Waals surface area contributed by atoms with Gasteiger partial charge in [-0.3, -0.25) is 9.59 Å². The molecule has 0 aromatic heterocycles. The molecule has 2 aliphatic heterocycles. The molecule has 150 valence electrons. The highest BCUT2D eigenvalue weighted by Gasteiger charge is 2.61. The van der Waals surface area contributed by atoms with Crippen molar-refractivity contribution in [2.75, 3.05) is 26.2 Å². The second-order valence-corrected chi connectivity index (χ2v) is 7.02. The van der Waals surface area contributed by atoms with Crippen molar-refractivity contribution in [3.8, 4) is 11.1 Å². The summed E-state index contributed by atoms with van der Waals surface area (Å²) >= 11 is 0. The van der Waals surface area contributed by atoms with Crippen LogP contribution in [0.15, 0.2) is 48.5 Å². The van der Waals surface area contributed by atoms with E-state index in [1.54, 1.807) is 0 Å². The predicted molar refractivity (Wildman–Crippen MR) is 104 cm³/mol. The predicted octanol–water partition coefficient (Wildman–Crippen LogP) is 2.35. The Morgan fingerprint density at radius 2 is 1.28 bits per heavy atom. The van der Waals surface area contributed by atoms with E-state index in [0.717, 1.165) is 22.4 Å². The lowest BCUT2D eigenvalue weighted by molar-refractivity contribution is -0.159. The van der Waals surface area contributed by atoms with Gasteiger partial charge < -0.3 is 19.1 Å². The molecule has 7 heteroatoms. The van der Waals surface area contributed by atoms with Crippen LogP contribution in [0.2, 0.25) is 0 Å². The van der Waals surface area contributed by atoms with Gasteiger partial charge in [-0.2, -0.15) is 0 Å². The van der Waals surface area contributed by atoms with Crippen LogP contribution < -0.4 is 4.90 Å². The Balaban J connectivity index is 2.03. The molecule has 29 heavy (non-hydrogen) atoms. The summed E-state index contributed by atoms with van der Waals surface area (Å²) in [5.74, 6) is -3.82. The molecule has 7 nitrogen and oxygen atoms in total. The maximum Gasteiger partial charge on any atom is 0.329 e. The number of anilines is 1. The van der Waals surface area contributed by atoms with Gasteiger partial charge in [0.25, 0.3) is 0 Å². The van der Waals surface area contributed by atoms with Gasteiger partial charge >= 0.3 is 17.9 Å². The van der Waals surface area contributed by atoms with E-state index >= 15 is 0 Å². The van der Waals surface area contributed by atoms with Crippen molar-refractivity contribution in [2.45, 2.75) is 12.1 Å². The second-order valence-electron chi connectivity index (χ2n) is 7.02. The first-order valence-corrected chi connectivity index (χ1v) is 9.25. The van der Waals surface area contributed by atoms with Crippen LogP contribution in [0.5, 0.6) is 0 Å². The summed E-state index contributed by atoms with van der Waals surface area (Å²) in [6.07, 6.45) is 0. The zero-order chi connectivity index (χ0) is 20.7. The summed E-state index contributed by atoms with van der Waals surface area (Å²) in [7, 11) is 3.78. The Morgan fingerprint density at radius 1 is 0.724 bits per heavy atom. The number of ether oxygens (including phenoxy) is 3. The van der Waals surface area contributed by atoms with Crippen LogP contribution in [0.25, 0.3) is 11.1 Å². The van der Waals surface area contributed by atoms with Crippen molar-refractivity contribution in [2.24, 2.45) is 11.8 Å². The Bertz CT molecular complexity index is 915. The molecule has 0 spiro atoms. The van der Waals surface area contributed by atoms with Crippen LogP contribution in [0.4, 0.5) is 5.69 Å². The monoisotopic (exact) mass is 395 g/mol. The van der Waals surface area contributed by atoms with Gasteiger partial charge in [-0.05, 0) is 17.2 Å². The number of esters is 3. The number of carbonyl (C=O) groups excluding carboxylic acids is 3. The maximum atomic E-state index is 12.9. The average molecular weight is 395 g/mol. The number of hydrogen-bond acceptors (Lipinski definition) is 7. The molecular weight excluding hydrogens is 374 g/mol. The van der Waals surface area contributed by atoms with E-state index in [-0.39, 0.29) is 0 Å². The quantitative estimate of drug-likeness (QED) is 0.583. The number of carbonyl (C=O) groups is 3. The molecule has 1 saturated heterocycles. The van der Waals surface area contributed by atoms with Gasteiger partial charge in [-0.25, -0.2) is 4.79 Å². The molecule has 0 bridgehead atoms. The number of fused-ring (bicyclic) bond motifs is 6. The fraction of sp³-hybridized carbons (Fsp3) is 0.318. The third kappa shape index (κ3) is 2.68. The number of rotatable bonds is 3. The van der Waals surface area contributed by atoms with E-state index < -0.39 is 41.8 Å². The number of methoxy groups -OCH3 is 3. The van der Waals surface area contributed by atoms with Gasteiger partial charge in [-0.1, -0.05) is 42.5 Å². The van der Waals surface area contributed by atoms with E-state index in [9.17, 15) is 14.4 Å². The molecule has 4 rings (SSSR count). The summed E-state index contributed by atoms with van der Waals surface area (Å²) in [4.78, 5) is 40.3. The molecule has 0 amide bonds. The number of benzene rings is 2. The van der Waals surface area contributed by atoms with Crippen molar-refractivity contribution in [1.82, 2.24) is 0 Å². The van der Waals surface area contributed by atoms with E-state index in [4.69, 9.17) is 14.2 Å². The van der Waals surface area contributed by atoms with Gasteiger partial charge in [0.1, 0.15) is 12.0 Å². The van der Waals surface area contributed by atoms with Crippen LogP contribution in [-0.2, 0) is 28.6 Å². The molecule has 1 fully saturated rings. The smallest absolute Gasteiger partial charge is 0.329 e. The van der Waals surface area contributed by atoms with E-state index in [1.807, 2.05) is 53.4 Å². The van der Waals surface area contributed by atoms with Crippen molar-refractivity contribution in [3.05, 3.63) is 54.1 Å². The van der Waals surface area contributed by atoms with Crippen LogP contribution >= 0.6 is 0 Å². The standard InChI is InChI=1S/C22H21NO6/c1-27-20(24)16-17(21(25)28-2)19(22(26)29-3)23-15-11-7-6-9-13(15)12-8-4-5-10-14(12)18(16)23/h4-11,16-19H,1-3H3/t16-,17+,18?,19+/m1/s1. The van der Waals surface area contributed by atoms with E-state index in [0.29, 0.717) is 0 Å². The highest BCUT2D eigenvalue weighted by atomic mass is 16.5. The largest absolute Gasteiger partial charge is 0.469 e. The molecule has 2 heterocycles. The van der Waals surface area contributed by atoms with Gasteiger partial charge in [0.2, 0.25) is 0 Å². The minimum Gasteiger partial charge on any atom is -0.469 e. The van der Waals surface area contributed by atoms with Crippen molar-refractivity contribution >= 4 is 23.6 Å².